The average Bonchev–Trinajstić information content (AvgIpc) is 3.66. The Labute approximate surface area is 328 Å². The van der Waals surface area contributed by atoms with Crippen LogP contribution in [-0.2, 0) is 33.9 Å². The molecule has 14 atom stereocenters. The predicted molar refractivity (Wildman–Crippen MR) is 207 cm³/mol. The minimum Gasteiger partial charge on any atom is -0.299 e. The van der Waals surface area contributed by atoms with E-state index in [-0.39, 0.29) is 29.0 Å². The molecule has 8 aliphatic carbocycles. The molecule has 0 aliphatic heterocycles. The van der Waals surface area contributed by atoms with Gasteiger partial charge in [0.05, 0.1) is 5.56 Å². The number of hydrogen-bond donors (Lipinski definition) is 0. The summed E-state index contributed by atoms with van der Waals surface area (Å²) in [6.07, 6.45) is 19.6. The monoisotopic (exact) mass is 758 g/mol. The lowest BCUT2D eigenvalue weighted by atomic mass is 9.45. The van der Waals surface area contributed by atoms with Gasteiger partial charge in [-0.05, 0) is 173 Å². The summed E-state index contributed by atoms with van der Waals surface area (Å²) in [7, 11) is 0. The molecule has 8 saturated carbocycles. The third-order valence-electron chi connectivity index (χ3n) is 18.2. The first-order chi connectivity index (χ1) is 26.3. The Morgan fingerprint density at radius 1 is 0.564 bits per heavy atom. The van der Waals surface area contributed by atoms with Crippen LogP contribution < -0.4 is 0 Å². The number of rotatable bonds is 5. The molecule has 0 bridgehead atoms. The van der Waals surface area contributed by atoms with Gasteiger partial charge >= 0.3 is 11.9 Å². The molecule has 0 aromatic heterocycles. The number of Topliss-reactive ketones (excluding diaryl/α,β-unsaturated/α-hetero) is 2. The van der Waals surface area contributed by atoms with E-state index in [0.29, 0.717) is 57.5 Å². The highest BCUT2D eigenvalue weighted by molar-refractivity contribution is 5.89. The number of hydrogen-bond acceptors (Lipinski definition) is 8. The van der Waals surface area contributed by atoms with Crippen LogP contribution >= 0.6 is 0 Å². The minimum atomic E-state index is -0.412. The predicted octanol–water partition coefficient (Wildman–Crippen LogP) is 10.2. The largest absolute Gasteiger partial charge is 0.373 e. The first-order valence-corrected chi connectivity index (χ1v) is 22.1. The van der Waals surface area contributed by atoms with Crippen molar-refractivity contribution in [1.82, 2.24) is 0 Å². The van der Waals surface area contributed by atoms with Gasteiger partial charge in [-0.2, -0.15) is 9.78 Å². The van der Waals surface area contributed by atoms with Crippen LogP contribution in [0.15, 0.2) is 30.3 Å². The summed E-state index contributed by atoms with van der Waals surface area (Å²) in [6, 6.07) is 9.03. The Hall–Kier alpha value is -2.58. The van der Waals surface area contributed by atoms with Crippen LogP contribution in [0.1, 0.15) is 161 Å². The summed E-state index contributed by atoms with van der Waals surface area (Å²) in [6.45, 7) is 10.9. The molecule has 8 unspecified atom stereocenters. The van der Waals surface area contributed by atoms with Crippen LogP contribution in [0, 0.1) is 69.0 Å². The quantitative estimate of drug-likeness (QED) is 0.216. The molecule has 1 aromatic carbocycles. The second-order valence-electron chi connectivity index (χ2n) is 20.4. The molecule has 8 aliphatic rings. The van der Waals surface area contributed by atoms with Crippen molar-refractivity contribution in [3.8, 4) is 0 Å². The zero-order valence-electron chi connectivity index (χ0n) is 34.2. The zero-order valence-corrected chi connectivity index (χ0v) is 34.2. The molecule has 302 valence electrons. The van der Waals surface area contributed by atoms with Crippen molar-refractivity contribution in [3.05, 3.63) is 35.9 Å². The van der Waals surface area contributed by atoms with Gasteiger partial charge in [0, 0.05) is 30.6 Å². The number of carbonyl (C=O) groups excluding carboxylic acids is 4. The maximum atomic E-state index is 12.6. The van der Waals surface area contributed by atoms with E-state index in [2.05, 4.69) is 27.7 Å². The second kappa shape index (κ2) is 15.0. The fraction of sp³-hybridized carbons (Fsp3) is 0.787. The van der Waals surface area contributed by atoms with Crippen LogP contribution in [0.25, 0.3) is 0 Å². The molecule has 0 spiro atoms. The summed E-state index contributed by atoms with van der Waals surface area (Å²) in [5.74, 6) is 5.70. The van der Waals surface area contributed by atoms with E-state index >= 15 is 0 Å². The summed E-state index contributed by atoms with van der Waals surface area (Å²) in [4.78, 5) is 69.3. The topological polar surface area (TPSA) is 105 Å². The smallest absolute Gasteiger partial charge is 0.299 e. The maximum absolute atomic E-state index is 12.6. The van der Waals surface area contributed by atoms with Crippen LogP contribution in [0.2, 0.25) is 0 Å². The number of ketones is 2. The van der Waals surface area contributed by atoms with Gasteiger partial charge in [0.2, 0.25) is 0 Å². The Bertz CT molecular complexity index is 1630. The molecule has 55 heavy (non-hydrogen) atoms. The third kappa shape index (κ3) is 6.85. The lowest BCUT2D eigenvalue weighted by Gasteiger charge is -2.60. The van der Waals surface area contributed by atoms with E-state index in [1.165, 1.54) is 45.4 Å². The summed E-state index contributed by atoms with van der Waals surface area (Å²) >= 11 is 0. The van der Waals surface area contributed by atoms with Crippen molar-refractivity contribution in [3.63, 3.8) is 0 Å². The van der Waals surface area contributed by atoms with E-state index in [1.807, 2.05) is 18.2 Å². The normalized spacial score (nSPS) is 45.6. The Kier molecular flexibility index (Phi) is 10.7. The standard InChI is InChI=1S/C26H34O4.C21H32O4/c1-25-14-12-19(29-30-24(28)17-6-4-3-5-7-17)16-18(25)8-9-20-21-10-11-23(27)26(21,2)15-13-22(20)25;1-13(22)24-25-15-8-10-20(2)14(12-15)4-5-16-17-6-7-19(23)21(17,3)11-9-18(16)20/h3-7,18-22H,8-16H2,1-2H3;14-18H,4-12H2,1-3H3/t18?,19-,20?,21?,22?,25+,26+;14?,15-,16?,17?,18?,20+,21+/m11/s1. The maximum Gasteiger partial charge on any atom is 0.373 e. The number of carbonyl (C=O) groups is 4. The van der Waals surface area contributed by atoms with E-state index in [9.17, 15) is 19.2 Å². The first kappa shape index (κ1) is 39.3. The molecular formula is C47H66O8. The molecule has 8 nitrogen and oxygen atoms in total. The Morgan fingerprint density at radius 2 is 1.04 bits per heavy atom. The molecule has 0 saturated heterocycles. The Balaban J connectivity index is 0.000000158. The van der Waals surface area contributed by atoms with E-state index in [4.69, 9.17) is 19.6 Å². The third-order valence-corrected chi connectivity index (χ3v) is 18.2. The van der Waals surface area contributed by atoms with E-state index < -0.39 is 5.97 Å². The number of fused-ring (bicyclic) bond motifs is 10. The van der Waals surface area contributed by atoms with Crippen molar-refractivity contribution in [2.75, 3.05) is 0 Å². The van der Waals surface area contributed by atoms with Crippen molar-refractivity contribution in [2.24, 2.45) is 69.0 Å². The molecule has 0 radical (unpaired) electrons. The molecule has 9 rings (SSSR count). The van der Waals surface area contributed by atoms with Gasteiger partial charge in [0.1, 0.15) is 23.8 Å². The molecular weight excluding hydrogens is 693 g/mol. The lowest BCUT2D eigenvalue weighted by Crippen LogP contribution is -2.54. The molecule has 0 N–H and O–H groups in total. The van der Waals surface area contributed by atoms with Gasteiger partial charge in [0.25, 0.3) is 0 Å². The second-order valence-corrected chi connectivity index (χ2v) is 20.4. The fourth-order valence-electron chi connectivity index (χ4n) is 15.0. The van der Waals surface area contributed by atoms with Crippen LogP contribution in [0.3, 0.4) is 0 Å². The van der Waals surface area contributed by atoms with Gasteiger partial charge in [-0.25, -0.2) is 9.59 Å². The molecule has 1 aromatic rings. The lowest BCUT2D eigenvalue weighted by molar-refractivity contribution is -0.308. The minimum absolute atomic E-state index is 0.00537. The van der Waals surface area contributed by atoms with Gasteiger partial charge in [-0.1, -0.05) is 45.9 Å². The molecule has 8 fully saturated rings. The highest BCUT2D eigenvalue weighted by atomic mass is 17.2. The summed E-state index contributed by atoms with van der Waals surface area (Å²) < 4.78 is 0. The van der Waals surface area contributed by atoms with Crippen molar-refractivity contribution in [2.45, 2.75) is 162 Å². The van der Waals surface area contributed by atoms with Gasteiger partial charge < -0.3 is 0 Å². The fourth-order valence-corrected chi connectivity index (χ4v) is 15.0. The zero-order chi connectivity index (χ0) is 38.8. The van der Waals surface area contributed by atoms with Crippen LogP contribution in [0.5, 0.6) is 0 Å². The van der Waals surface area contributed by atoms with Crippen LogP contribution in [0.4, 0.5) is 0 Å². The van der Waals surface area contributed by atoms with Crippen LogP contribution in [-0.4, -0.2) is 35.7 Å². The average molecular weight is 759 g/mol. The van der Waals surface area contributed by atoms with E-state index in [0.717, 1.165) is 94.8 Å². The number of benzene rings is 1. The van der Waals surface area contributed by atoms with E-state index in [1.54, 1.807) is 12.1 Å². The van der Waals surface area contributed by atoms with Crippen molar-refractivity contribution < 1.29 is 38.7 Å². The van der Waals surface area contributed by atoms with Gasteiger partial charge in [-0.3, -0.25) is 19.4 Å². The molecule has 0 amide bonds. The molecule has 0 heterocycles. The first-order valence-electron chi connectivity index (χ1n) is 22.1. The van der Waals surface area contributed by atoms with Gasteiger partial charge in [-0.15, -0.1) is 0 Å². The Morgan fingerprint density at radius 3 is 1.51 bits per heavy atom. The highest BCUT2D eigenvalue weighted by Gasteiger charge is 2.62. The summed E-state index contributed by atoms with van der Waals surface area (Å²) in [5, 5.41) is 0. The summed E-state index contributed by atoms with van der Waals surface area (Å²) in [5.41, 5.74) is 1.15. The SMILES string of the molecule is CC(=O)OO[C@@H]1CC[C@@]2(C)C(CCC3C2CC[C@]2(C)C(=O)CCC32)C1.C[C@]12CC[C@@H](OOC(=O)c3ccccc3)CC1CCC1C2CC[C@]2(C)C(=O)CCC12. The van der Waals surface area contributed by atoms with Gasteiger partial charge in [0.15, 0.2) is 0 Å². The highest BCUT2D eigenvalue weighted by Crippen LogP contribution is 2.67. The van der Waals surface area contributed by atoms with Crippen molar-refractivity contribution >= 4 is 23.5 Å². The molecule has 8 heteroatoms. The van der Waals surface area contributed by atoms with Crippen molar-refractivity contribution in [1.29, 1.82) is 0 Å².